The van der Waals surface area contributed by atoms with Gasteiger partial charge in [-0.05, 0) is 25.1 Å². The Morgan fingerprint density at radius 3 is 2.50 bits per heavy atom. The monoisotopic (exact) mass is 302 g/mol. The van der Waals surface area contributed by atoms with E-state index < -0.39 is 11.7 Å². The molecule has 0 fully saturated rings. The Morgan fingerprint density at radius 2 is 2.00 bits per heavy atom. The standard InChI is InChI=1S/C13H13F3N2OS/c1-7-11(18-12(17-2)20-7)8-4-5-10(19-3)9(6-8)13(14,15)16/h4-6H,1-3H3,(H,17,18). The fourth-order valence-electron chi connectivity index (χ4n) is 1.85. The Bertz CT molecular complexity index is 623. The molecule has 0 radical (unpaired) electrons. The van der Waals surface area contributed by atoms with Crippen LogP contribution in [0.1, 0.15) is 10.4 Å². The van der Waals surface area contributed by atoms with Gasteiger partial charge >= 0.3 is 6.18 Å². The van der Waals surface area contributed by atoms with Gasteiger partial charge < -0.3 is 10.1 Å². The van der Waals surface area contributed by atoms with Gasteiger partial charge in [0.15, 0.2) is 5.13 Å². The van der Waals surface area contributed by atoms with Crippen LogP contribution in [0.3, 0.4) is 0 Å². The minimum Gasteiger partial charge on any atom is -0.496 e. The molecule has 0 unspecified atom stereocenters. The van der Waals surface area contributed by atoms with Crippen LogP contribution >= 0.6 is 11.3 Å². The van der Waals surface area contributed by atoms with Crippen molar-refractivity contribution in [1.29, 1.82) is 0 Å². The summed E-state index contributed by atoms with van der Waals surface area (Å²) in [5.41, 5.74) is 0.178. The van der Waals surface area contributed by atoms with Crippen LogP contribution in [0, 0.1) is 6.92 Å². The fourth-order valence-corrected chi connectivity index (χ4v) is 2.64. The molecule has 7 heteroatoms. The highest BCUT2D eigenvalue weighted by Crippen LogP contribution is 2.39. The van der Waals surface area contributed by atoms with E-state index in [0.29, 0.717) is 16.4 Å². The summed E-state index contributed by atoms with van der Waals surface area (Å²) in [6.45, 7) is 1.82. The quantitative estimate of drug-likeness (QED) is 0.923. The highest BCUT2D eigenvalue weighted by atomic mass is 32.1. The summed E-state index contributed by atoms with van der Waals surface area (Å²) in [5, 5.41) is 3.55. The van der Waals surface area contributed by atoms with E-state index in [1.165, 1.54) is 24.5 Å². The third-order valence-electron chi connectivity index (χ3n) is 2.79. The number of aromatic nitrogens is 1. The van der Waals surface area contributed by atoms with Crippen molar-refractivity contribution in [2.75, 3.05) is 19.5 Å². The number of methoxy groups -OCH3 is 1. The van der Waals surface area contributed by atoms with Gasteiger partial charge in [-0.2, -0.15) is 13.2 Å². The summed E-state index contributed by atoms with van der Waals surface area (Å²) in [6, 6.07) is 3.96. The van der Waals surface area contributed by atoms with Crippen molar-refractivity contribution >= 4 is 16.5 Å². The lowest BCUT2D eigenvalue weighted by atomic mass is 10.1. The van der Waals surface area contributed by atoms with Gasteiger partial charge in [-0.25, -0.2) is 4.98 Å². The highest BCUT2D eigenvalue weighted by Gasteiger charge is 2.34. The Labute approximate surface area is 118 Å². The second-order valence-electron chi connectivity index (χ2n) is 4.09. The number of anilines is 1. The van der Waals surface area contributed by atoms with Gasteiger partial charge in [0.25, 0.3) is 0 Å². The number of benzene rings is 1. The molecule has 0 aliphatic carbocycles. The van der Waals surface area contributed by atoms with Gasteiger partial charge in [0.2, 0.25) is 0 Å². The van der Waals surface area contributed by atoms with Crippen LogP contribution in [0.15, 0.2) is 18.2 Å². The van der Waals surface area contributed by atoms with Gasteiger partial charge in [0.05, 0.1) is 18.4 Å². The summed E-state index contributed by atoms with van der Waals surface area (Å²) in [5.74, 6) is -0.192. The van der Waals surface area contributed by atoms with Crippen LogP contribution in [-0.4, -0.2) is 19.1 Å². The Balaban J connectivity index is 2.55. The fraction of sp³-hybridized carbons (Fsp3) is 0.308. The number of halogens is 3. The predicted molar refractivity (Wildman–Crippen MR) is 73.4 cm³/mol. The van der Waals surface area contributed by atoms with E-state index in [0.717, 1.165) is 10.9 Å². The minimum atomic E-state index is -4.46. The van der Waals surface area contributed by atoms with E-state index in [1.54, 1.807) is 13.1 Å². The zero-order valence-corrected chi connectivity index (χ0v) is 11.9. The van der Waals surface area contributed by atoms with Crippen LogP contribution in [0.4, 0.5) is 18.3 Å². The van der Waals surface area contributed by atoms with E-state index in [4.69, 9.17) is 4.74 Å². The molecule has 0 atom stereocenters. The predicted octanol–water partition coefficient (Wildman–Crippen LogP) is 4.19. The molecular weight excluding hydrogens is 289 g/mol. The maximum absolute atomic E-state index is 13.0. The van der Waals surface area contributed by atoms with E-state index in [9.17, 15) is 13.2 Å². The summed E-state index contributed by atoms with van der Waals surface area (Å²) in [7, 11) is 2.94. The number of aryl methyl sites for hydroxylation is 1. The molecule has 0 saturated carbocycles. The molecule has 2 aromatic rings. The first kappa shape index (κ1) is 14.6. The number of nitrogens with one attached hydrogen (secondary N) is 1. The third-order valence-corrected chi connectivity index (χ3v) is 3.78. The number of alkyl halides is 3. The number of nitrogens with zero attached hydrogens (tertiary/aromatic N) is 1. The molecule has 3 nitrogen and oxygen atoms in total. The zero-order valence-electron chi connectivity index (χ0n) is 11.1. The first-order valence-electron chi connectivity index (χ1n) is 5.77. The van der Waals surface area contributed by atoms with Crippen molar-refractivity contribution in [2.24, 2.45) is 0 Å². The molecule has 2 rings (SSSR count). The lowest BCUT2D eigenvalue weighted by molar-refractivity contribution is -0.138. The normalized spacial score (nSPS) is 11.5. The van der Waals surface area contributed by atoms with Gasteiger partial charge in [-0.15, -0.1) is 11.3 Å². The molecule has 0 amide bonds. The van der Waals surface area contributed by atoms with E-state index >= 15 is 0 Å². The summed E-state index contributed by atoms with van der Waals surface area (Å²) >= 11 is 1.40. The number of thiazole rings is 1. The Hall–Kier alpha value is -1.76. The van der Waals surface area contributed by atoms with E-state index in [-0.39, 0.29) is 5.75 Å². The molecule has 0 saturated heterocycles. The van der Waals surface area contributed by atoms with Gasteiger partial charge in [-0.1, -0.05) is 0 Å². The minimum absolute atomic E-state index is 0.192. The number of ether oxygens (including phenoxy) is 1. The van der Waals surface area contributed by atoms with Crippen LogP contribution < -0.4 is 10.1 Å². The maximum atomic E-state index is 13.0. The second kappa shape index (κ2) is 5.32. The summed E-state index contributed by atoms with van der Waals surface area (Å²) in [6.07, 6.45) is -4.46. The molecule has 0 aliphatic rings. The van der Waals surface area contributed by atoms with Crippen molar-refractivity contribution < 1.29 is 17.9 Å². The Morgan fingerprint density at radius 1 is 1.30 bits per heavy atom. The third kappa shape index (κ3) is 2.72. The first-order valence-corrected chi connectivity index (χ1v) is 6.59. The molecule has 0 bridgehead atoms. The zero-order chi connectivity index (χ0) is 14.9. The first-order chi connectivity index (χ1) is 9.36. The molecule has 0 aliphatic heterocycles. The van der Waals surface area contributed by atoms with Crippen LogP contribution in [0.25, 0.3) is 11.3 Å². The largest absolute Gasteiger partial charge is 0.496 e. The van der Waals surface area contributed by atoms with Crippen molar-refractivity contribution in [1.82, 2.24) is 4.98 Å². The van der Waals surface area contributed by atoms with Gasteiger partial charge in [0, 0.05) is 17.5 Å². The molecule has 1 heterocycles. The number of hydrogen-bond acceptors (Lipinski definition) is 4. The van der Waals surface area contributed by atoms with Gasteiger partial charge in [0.1, 0.15) is 5.75 Å². The van der Waals surface area contributed by atoms with Crippen LogP contribution in [0.2, 0.25) is 0 Å². The number of rotatable bonds is 3. The van der Waals surface area contributed by atoms with E-state index in [1.807, 2.05) is 6.92 Å². The highest BCUT2D eigenvalue weighted by molar-refractivity contribution is 7.15. The maximum Gasteiger partial charge on any atom is 0.419 e. The molecule has 1 N–H and O–H groups in total. The molecule has 1 aromatic heterocycles. The lowest BCUT2D eigenvalue weighted by Gasteiger charge is -2.13. The second-order valence-corrected chi connectivity index (χ2v) is 5.29. The van der Waals surface area contributed by atoms with Crippen molar-refractivity contribution in [3.05, 3.63) is 28.6 Å². The molecular formula is C13H13F3N2OS. The van der Waals surface area contributed by atoms with Crippen molar-refractivity contribution in [2.45, 2.75) is 13.1 Å². The van der Waals surface area contributed by atoms with E-state index in [2.05, 4.69) is 10.3 Å². The van der Waals surface area contributed by atoms with Crippen LogP contribution in [0.5, 0.6) is 5.75 Å². The molecule has 1 aromatic carbocycles. The Kier molecular flexibility index (Phi) is 3.89. The van der Waals surface area contributed by atoms with Crippen molar-refractivity contribution in [3.8, 4) is 17.0 Å². The van der Waals surface area contributed by atoms with Crippen molar-refractivity contribution in [3.63, 3.8) is 0 Å². The lowest BCUT2D eigenvalue weighted by Crippen LogP contribution is -2.07. The topological polar surface area (TPSA) is 34.2 Å². The van der Waals surface area contributed by atoms with Gasteiger partial charge in [-0.3, -0.25) is 0 Å². The summed E-state index contributed by atoms with van der Waals surface area (Å²) in [4.78, 5) is 5.13. The average Bonchev–Trinajstić information content (AvgIpc) is 2.78. The smallest absolute Gasteiger partial charge is 0.419 e. The molecule has 108 valence electrons. The molecule has 20 heavy (non-hydrogen) atoms. The van der Waals surface area contributed by atoms with Crippen LogP contribution in [-0.2, 0) is 6.18 Å². The average molecular weight is 302 g/mol. The molecule has 0 spiro atoms. The number of hydrogen-bond donors (Lipinski definition) is 1. The SMILES string of the molecule is CNc1nc(-c2ccc(OC)c(C(F)(F)F)c2)c(C)s1. The summed E-state index contributed by atoms with van der Waals surface area (Å²) < 4.78 is 43.7.